The minimum Gasteiger partial charge on any atom is -0.480 e. The normalized spacial score (nSPS) is 15.3. The fourth-order valence-electron chi connectivity index (χ4n) is 3.62. The van der Waals surface area contributed by atoms with Crippen LogP contribution in [0.5, 0.6) is 0 Å². The van der Waals surface area contributed by atoms with Crippen LogP contribution in [0.25, 0.3) is 0 Å². The van der Waals surface area contributed by atoms with Crippen molar-refractivity contribution in [3.63, 3.8) is 0 Å². The molecule has 0 aliphatic heterocycles. The predicted octanol–water partition coefficient (Wildman–Crippen LogP) is 1.94. The van der Waals surface area contributed by atoms with Crippen LogP contribution in [0.4, 0.5) is 0 Å². The summed E-state index contributed by atoms with van der Waals surface area (Å²) in [6, 6.07) is 5.41. The third kappa shape index (κ3) is 11.0. The predicted molar refractivity (Wildman–Crippen MR) is 143 cm³/mol. The van der Waals surface area contributed by atoms with Gasteiger partial charge in [-0.2, -0.15) is 11.8 Å². The van der Waals surface area contributed by atoms with Crippen molar-refractivity contribution in [2.24, 2.45) is 17.6 Å². The summed E-state index contributed by atoms with van der Waals surface area (Å²) in [5.74, 6) is -2.10. The van der Waals surface area contributed by atoms with E-state index in [2.05, 4.69) is 16.0 Å². The summed E-state index contributed by atoms with van der Waals surface area (Å²) >= 11 is 1.58. The number of carbonyl (C=O) groups excluding carboxylic acids is 3. The van der Waals surface area contributed by atoms with Crippen molar-refractivity contribution in [2.75, 3.05) is 12.0 Å². The Bertz CT molecular complexity index is 852. The van der Waals surface area contributed by atoms with Crippen LogP contribution in [0, 0.1) is 11.8 Å². The van der Waals surface area contributed by atoms with Gasteiger partial charge < -0.3 is 26.8 Å². The van der Waals surface area contributed by atoms with Gasteiger partial charge in [-0.1, -0.05) is 64.4 Å². The molecule has 0 aliphatic carbocycles. The molecular formula is C26H42N4O5S. The zero-order chi connectivity index (χ0) is 27.3. The van der Waals surface area contributed by atoms with Crippen molar-refractivity contribution in [3.8, 4) is 0 Å². The number of thioether (sulfide) groups is 1. The number of carboxylic acids is 1. The molecule has 0 bridgehead atoms. The highest BCUT2D eigenvalue weighted by Gasteiger charge is 2.32. The second-order valence-corrected chi connectivity index (χ2v) is 10.5. The zero-order valence-corrected chi connectivity index (χ0v) is 22.8. The molecule has 1 rings (SSSR count). The zero-order valence-electron chi connectivity index (χ0n) is 22.0. The van der Waals surface area contributed by atoms with Crippen LogP contribution in [0.2, 0.25) is 0 Å². The van der Waals surface area contributed by atoms with Crippen molar-refractivity contribution in [3.05, 3.63) is 35.9 Å². The van der Waals surface area contributed by atoms with Gasteiger partial charge in [0.2, 0.25) is 17.7 Å². The standard InChI is InChI=1S/C26H42N4O5S/c1-6-17(4)22(30-23(31)19(27)12-13-36-5)25(33)28-20(15-18-10-8-7-9-11-18)24(32)29-21(26(34)35)14-16(2)3/h7-11,16-17,19-22H,6,12-15,27H2,1-5H3,(H,28,33)(H,29,32)(H,30,31)(H,34,35)/t17-,19-,20-,21-,22-/m0/s1. The lowest BCUT2D eigenvalue weighted by Crippen LogP contribution is -2.59. The molecule has 6 N–H and O–H groups in total. The van der Waals surface area contributed by atoms with E-state index in [0.717, 1.165) is 11.3 Å². The molecule has 0 heterocycles. The van der Waals surface area contributed by atoms with Crippen LogP contribution in [0.1, 0.15) is 52.5 Å². The van der Waals surface area contributed by atoms with Crippen molar-refractivity contribution in [1.29, 1.82) is 0 Å². The second-order valence-electron chi connectivity index (χ2n) is 9.54. The van der Waals surface area contributed by atoms with Gasteiger partial charge in [-0.3, -0.25) is 14.4 Å². The first-order valence-corrected chi connectivity index (χ1v) is 13.8. The summed E-state index contributed by atoms with van der Waals surface area (Å²) in [6.45, 7) is 7.49. The monoisotopic (exact) mass is 522 g/mol. The Hall–Kier alpha value is -2.59. The van der Waals surface area contributed by atoms with E-state index in [1.807, 2.05) is 64.3 Å². The van der Waals surface area contributed by atoms with E-state index in [9.17, 15) is 24.3 Å². The number of carboxylic acid groups (broad SMARTS) is 1. The first kappa shape index (κ1) is 31.4. The topological polar surface area (TPSA) is 151 Å². The molecule has 0 aromatic heterocycles. The molecule has 36 heavy (non-hydrogen) atoms. The number of rotatable bonds is 16. The first-order valence-electron chi connectivity index (χ1n) is 12.4. The number of carbonyl (C=O) groups is 4. The van der Waals surface area contributed by atoms with E-state index < -0.39 is 47.9 Å². The molecule has 0 saturated carbocycles. The Morgan fingerprint density at radius 1 is 0.944 bits per heavy atom. The maximum absolute atomic E-state index is 13.4. The van der Waals surface area contributed by atoms with E-state index in [-0.39, 0.29) is 24.7 Å². The van der Waals surface area contributed by atoms with Crippen LogP contribution >= 0.6 is 11.8 Å². The van der Waals surface area contributed by atoms with E-state index in [1.165, 1.54) is 0 Å². The van der Waals surface area contributed by atoms with E-state index >= 15 is 0 Å². The number of aliphatic carboxylic acids is 1. The van der Waals surface area contributed by atoms with Crippen molar-refractivity contribution < 1.29 is 24.3 Å². The lowest BCUT2D eigenvalue weighted by atomic mass is 9.96. The fourth-order valence-corrected chi connectivity index (χ4v) is 4.11. The molecule has 10 heteroatoms. The Kier molecular flexibility index (Phi) is 14.2. The van der Waals surface area contributed by atoms with Crippen LogP contribution < -0.4 is 21.7 Å². The molecule has 0 spiro atoms. The summed E-state index contributed by atoms with van der Waals surface area (Å²) < 4.78 is 0. The van der Waals surface area contributed by atoms with Gasteiger partial charge in [0.25, 0.3) is 0 Å². The largest absolute Gasteiger partial charge is 0.480 e. The molecule has 202 valence electrons. The molecule has 0 saturated heterocycles. The van der Waals surface area contributed by atoms with Gasteiger partial charge >= 0.3 is 5.97 Å². The Labute approximate surface area is 218 Å². The quantitative estimate of drug-likeness (QED) is 0.223. The highest BCUT2D eigenvalue weighted by molar-refractivity contribution is 7.98. The van der Waals surface area contributed by atoms with E-state index in [1.54, 1.807) is 11.8 Å². The minimum absolute atomic E-state index is 0.0499. The number of nitrogens with one attached hydrogen (secondary N) is 3. The molecule has 5 atom stereocenters. The summed E-state index contributed by atoms with van der Waals surface area (Å²) in [6.07, 6.45) is 3.44. The van der Waals surface area contributed by atoms with Gasteiger partial charge in [-0.25, -0.2) is 4.79 Å². The van der Waals surface area contributed by atoms with Crippen molar-refractivity contribution in [1.82, 2.24) is 16.0 Å². The SMILES string of the molecule is CC[C@H](C)[C@H](NC(=O)[C@@H](N)CCSC)C(=O)N[C@@H](Cc1ccccc1)C(=O)N[C@@H](CC(C)C)C(=O)O. The molecule has 3 amide bonds. The molecule has 0 aliphatic rings. The average Bonchev–Trinajstić information content (AvgIpc) is 2.84. The maximum atomic E-state index is 13.4. The Morgan fingerprint density at radius 2 is 1.56 bits per heavy atom. The summed E-state index contributed by atoms with van der Waals surface area (Å²) in [5, 5.41) is 17.7. The molecular weight excluding hydrogens is 480 g/mol. The van der Waals surface area contributed by atoms with Crippen LogP contribution in [0.15, 0.2) is 30.3 Å². The molecule has 0 radical (unpaired) electrons. The molecule has 0 unspecified atom stereocenters. The molecule has 0 fully saturated rings. The Balaban J connectivity index is 3.12. The van der Waals surface area contributed by atoms with Crippen LogP contribution in [-0.4, -0.2) is 65.0 Å². The number of hydrogen-bond donors (Lipinski definition) is 5. The van der Waals surface area contributed by atoms with Crippen molar-refractivity contribution in [2.45, 2.75) is 77.5 Å². The first-order chi connectivity index (χ1) is 17.0. The lowest BCUT2D eigenvalue weighted by Gasteiger charge is -2.28. The number of nitrogens with two attached hydrogens (primary N) is 1. The van der Waals surface area contributed by atoms with Gasteiger partial charge in [-0.15, -0.1) is 0 Å². The smallest absolute Gasteiger partial charge is 0.326 e. The van der Waals surface area contributed by atoms with Gasteiger partial charge in [0.05, 0.1) is 6.04 Å². The molecule has 9 nitrogen and oxygen atoms in total. The Morgan fingerprint density at radius 3 is 2.08 bits per heavy atom. The molecule has 1 aromatic carbocycles. The van der Waals surface area contributed by atoms with Gasteiger partial charge in [0.15, 0.2) is 0 Å². The summed E-state index contributed by atoms with van der Waals surface area (Å²) in [7, 11) is 0. The average molecular weight is 523 g/mol. The van der Waals surface area contributed by atoms with Crippen LogP contribution in [0.3, 0.4) is 0 Å². The second kappa shape index (κ2) is 16.2. The van der Waals surface area contributed by atoms with Gasteiger partial charge in [0.1, 0.15) is 18.1 Å². The lowest BCUT2D eigenvalue weighted by molar-refractivity contribution is -0.142. The minimum atomic E-state index is -1.13. The van der Waals surface area contributed by atoms with Crippen molar-refractivity contribution >= 4 is 35.5 Å². The van der Waals surface area contributed by atoms with E-state index in [4.69, 9.17) is 5.73 Å². The highest BCUT2D eigenvalue weighted by Crippen LogP contribution is 2.12. The summed E-state index contributed by atoms with van der Waals surface area (Å²) in [5.41, 5.74) is 6.79. The van der Waals surface area contributed by atoms with Gasteiger partial charge in [0, 0.05) is 6.42 Å². The highest BCUT2D eigenvalue weighted by atomic mass is 32.2. The maximum Gasteiger partial charge on any atom is 0.326 e. The number of amides is 3. The number of benzene rings is 1. The summed E-state index contributed by atoms with van der Waals surface area (Å²) in [4.78, 5) is 50.9. The molecule has 1 aromatic rings. The van der Waals surface area contributed by atoms with Crippen LogP contribution in [-0.2, 0) is 25.6 Å². The fraction of sp³-hybridized carbons (Fsp3) is 0.615. The third-order valence-electron chi connectivity index (χ3n) is 6.00. The van der Waals surface area contributed by atoms with E-state index in [0.29, 0.717) is 12.8 Å². The number of hydrogen-bond acceptors (Lipinski definition) is 6. The van der Waals surface area contributed by atoms with Gasteiger partial charge in [-0.05, 0) is 42.2 Å². The third-order valence-corrected chi connectivity index (χ3v) is 6.64.